The molecule has 272 valence electrons. The van der Waals surface area contributed by atoms with Crippen LogP contribution >= 0.6 is 0 Å². The van der Waals surface area contributed by atoms with Crippen molar-refractivity contribution in [3.8, 4) is 0 Å². The molecule has 1 atom stereocenters. The fraction of sp³-hybridized carbons (Fsp3) is 0.921. The molecule has 0 aliphatic rings. The van der Waals surface area contributed by atoms with Crippen molar-refractivity contribution in [3.63, 3.8) is 0 Å². The Kier molecular flexibility index (Phi) is 32.0. The molecule has 1 unspecified atom stereocenters. The topological polar surface area (TPSA) is 96.4 Å². The standard InChI is InChI=1S/C38H74N2O6/c1-5-8-11-18-24-34-45-37(42)29-20-14-12-16-22-31-40(33-25-28-36(41)39(4)44)32-23-17-13-15-21-30-38(43)46-35(26-10-7-3)27-19-9-6-2/h35,44H,5-34H2,1-4H3. The van der Waals surface area contributed by atoms with E-state index in [9.17, 15) is 19.6 Å². The molecule has 1 N–H and O–H groups in total. The van der Waals surface area contributed by atoms with Crippen LogP contribution in [0.4, 0.5) is 0 Å². The summed E-state index contributed by atoms with van der Waals surface area (Å²) in [5.41, 5.74) is 0. The van der Waals surface area contributed by atoms with E-state index in [1.54, 1.807) is 0 Å². The zero-order valence-electron chi connectivity index (χ0n) is 30.7. The highest BCUT2D eigenvalue weighted by molar-refractivity contribution is 5.74. The van der Waals surface area contributed by atoms with Gasteiger partial charge >= 0.3 is 11.9 Å². The van der Waals surface area contributed by atoms with Crippen molar-refractivity contribution < 1.29 is 29.1 Å². The van der Waals surface area contributed by atoms with Crippen molar-refractivity contribution in [2.24, 2.45) is 0 Å². The van der Waals surface area contributed by atoms with Crippen molar-refractivity contribution >= 4 is 17.8 Å². The Morgan fingerprint density at radius 3 is 1.63 bits per heavy atom. The third-order valence-corrected chi connectivity index (χ3v) is 8.75. The number of carbonyl (C=O) groups is 3. The molecule has 0 aliphatic heterocycles. The summed E-state index contributed by atoms with van der Waals surface area (Å²) >= 11 is 0. The third kappa shape index (κ3) is 29.7. The van der Waals surface area contributed by atoms with Gasteiger partial charge in [-0.2, -0.15) is 0 Å². The number of ether oxygens (including phenoxy) is 2. The van der Waals surface area contributed by atoms with Gasteiger partial charge in [-0.15, -0.1) is 0 Å². The maximum atomic E-state index is 12.4. The largest absolute Gasteiger partial charge is 0.466 e. The summed E-state index contributed by atoms with van der Waals surface area (Å²) in [6.07, 6.45) is 26.4. The van der Waals surface area contributed by atoms with Gasteiger partial charge in [-0.1, -0.05) is 111 Å². The van der Waals surface area contributed by atoms with Crippen molar-refractivity contribution in [2.75, 3.05) is 33.3 Å². The Bertz CT molecular complexity index is 717. The van der Waals surface area contributed by atoms with Crippen LogP contribution in [0.2, 0.25) is 0 Å². The van der Waals surface area contributed by atoms with Gasteiger partial charge in [0.2, 0.25) is 5.91 Å². The molecule has 0 radical (unpaired) electrons. The monoisotopic (exact) mass is 655 g/mol. The first-order valence-electron chi connectivity index (χ1n) is 19.4. The van der Waals surface area contributed by atoms with Crippen LogP contribution in [-0.2, 0) is 23.9 Å². The van der Waals surface area contributed by atoms with Gasteiger partial charge in [-0.25, -0.2) is 5.06 Å². The highest BCUT2D eigenvalue weighted by Gasteiger charge is 2.14. The van der Waals surface area contributed by atoms with Crippen molar-refractivity contribution in [2.45, 2.75) is 194 Å². The van der Waals surface area contributed by atoms with Gasteiger partial charge in [0.05, 0.1) is 6.61 Å². The second-order valence-electron chi connectivity index (χ2n) is 13.3. The maximum Gasteiger partial charge on any atom is 0.306 e. The van der Waals surface area contributed by atoms with Crippen LogP contribution in [0.5, 0.6) is 0 Å². The molecule has 0 bridgehead atoms. The van der Waals surface area contributed by atoms with Crippen LogP contribution in [0.3, 0.4) is 0 Å². The average Bonchev–Trinajstić information content (AvgIpc) is 3.03. The Morgan fingerprint density at radius 2 is 1.02 bits per heavy atom. The molecule has 1 amide bonds. The minimum Gasteiger partial charge on any atom is -0.466 e. The molecule has 46 heavy (non-hydrogen) atoms. The van der Waals surface area contributed by atoms with E-state index < -0.39 is 0 Å². The van der Waals surface area contributed by atoms with Gasteiger partial charge in [0.25, 0.3) is 0 Å². The molecule has 0 aromatic heterocycles. The van der Waals surface area contributed by atoms with Crippen LogP contribution in [0.15, 0.2) is 0 Å². The number of rotatable bonds is 34. The van der Waals surface area contributed by atoms with E-state index in [0.717, 1.165) is 135 Å². The fourth-order valence-corrected chi connectivity index (χ4v) is 5.75. The molecule has 0 aromatic rings. The first-order chi connectivity index (χ1) is 22.3. The molecule has 0 spiro atoms. The van der Waals surface area contributed by atoms with Crippen LogP contribution in [-0.4, -0.2) is 72.4 Å². The lowest BCUT2D eigenvalue weighted by Crippen LogP contribution is -2.29. The molecule has 0 fully saturated rings. The molecule has 0 aliphatic carbocycles. The van der Waals surface area contributed by atoms with Crippen LogP contribution < -0.4 is 0 Å². The van der Waals surface area contributed by atoms with Gasteiger partial charge < -0.3 is 14.4 Å². The minimum atomic E-state index is -0.244. The van der Waals surface area contributed by atoms with E-state index in [-0.39, 0.29) is 23.9 Å². The molecular weight excluding hydrogens is 580 g/mol. The number of esters is 2. The first kappa shape index (κ1) is 44.3. The summed E-state index contributed by atoms with van der Waals surface area (Å²) in [6.45, 7) is 10.0. The highest BCUT2D eigenvalue weighted by Crippen LogP contribution is 2.16. The molecule has 0 rings (SSSR count). The number of carbonyl (C=O) groups excluding carboxylic acids is 3. The maximum absolute atomic E-state index is 12.4. The fourth-order valence-electron chi connectivity index (χ4n) is 5.75. The minimum absolute atomic E-state index is 0.0278. The molecule has 8 nitrogen and oxygen atoms in total. The van der Waals surface area contributed by atoms with Gasteiger partial charge in [0, 0.05) is 26.3 Å². The van der Waals surface area contributed by atoms with E-state index >= 15 is 0 Å². The van der Waals surface area contributed by atoms with E-state index in [1.165, 1.54) is 39.2 Å². The zero-order valence-corrected chi connectivity index (χ0v) is 30.7. The van der Waals surface area contributed by atoms with Crippen molar-refractivity contribution in [1.29, 1.82) is 0 Å². The summed E-state index contributed by atoms with van der Waals surface area (Å²) in [4.78, 5) is 38.6. The molecular formula is C38H74N2O6. The Labute approximate surface area is 283 Å². The van der Waals surface area contributed by atoms with Crippen molar-refractivity contribution in [3.05, 3.63) is 0 Å². The predicted octanol–water partition coefficient (Wildman–Crippen LogP) is 9.79. The summed E-state index contributed by atoms with van der Waals surface area (Å²) < 4.78 is 11.2. The van der Waals surface area contributed by atoms with Gasteiger partial charge in [0.15, 0.2) is 0 Å². The van der Waals surface area contributed by atoms with Gasteiger partial charge in [-0.3, -0.25) is 19.6 Å². The molecule has 0 heterocycles. The predicted molar refractivity (Wildman–Crippen MR) is 189 cm³/mol. The summed E-state index contributed by atoms with van der Waals surface area (Å²) in [5.74, 6) is -0.329. The van der Waals surface area contributed by atoms with Gasteiger partial charge in [0.1, 0.15) is 6.10 Å². The van der Waals surface area contributed by atoms with Crippen molar-refractivity contribution in [1.82, 2.24) is 9.96 Å². The Balaban J connectivity index is 4.18. The van der Waals surface area contributed by atoms with E-state index in [2.05, 4.69) is 25.7 Å². The van der Waals surface area contributed by atoms with E-state index in [0.29, 0.717) is 30.9 Å². The number of amides is 1. The summed E-state index contributed by atoms with van der Waals surface area (Å²) in [7, 11) is 1.38. The number of unbranched alkanes of at least 4 members (excludes halogenated alkanes) is 15. The zero-order chi connectivity index (χ0) is 34.1. The van der Waals surface area contributed by atoms with Crippen LogP contribution in [0, 0.1) is 0 Å². The lowest BCUT2D eigenvalue weighted by atomic mass is 10.1. The number of nitrogens with zero attached hydrogens (tertiary/aromatic N) is 2. The molecule has 0 saturated heterocycles. The number of hydrogen-bond acceptors (Lipinski definition) is 7. The second kappa shape index (κ2) is 33.2. The first-order valence-corrected chi connectivity index (χ1v) is 19.4. The Hall–Kier alpha value is -1.67. The SMILES string of the molecule is CCCCCCCOC(=O)CCCCCCCN(CCCCCCCC(=O)OC(CCCC)CCCCC)CCCC(=O)N(C)O. The number of hydrogen-bond donors (Lipinski definition) is 1. The molecule has 0 saturated carbocycles. The normalized spacial score (nSPS) is 12.0. The second-order valence-corrected chi connectivity index (χ2v) is 13.3. The van der Waals surface area contributed by atoms with Crippen LogP contribution in [0.1, 0.15) is 188 Å². The average molecular weight is 655 g/mol. The van der Waals surface area contributed by atoms with E-state index in [1.807, 2.05) is 0 Å². The molecule has 0 aromatic carbocycles. The Morgan fingerprint density at radius 1 is 0.543 bits per heavy atom. The summed E-state index contributed by atoms with van der Waals surface area (Å²) in [6, 6.07) is 0. The highest BCUT2D eigenvalue weighted by atomic mass is 16.5. The summed E-state index contributed by atoms with van der Waals surface area (Å²) in [5, 5.41) is 10.0. The third-order valence-electron chi connectivity index (χ3n) is 8.75. The lowest BCUT2D eigenvalue weighted by molar-refractivity contribution is -0.159. The lowest BCUT2D eigenvalue weighted by Gasteiger charge is -2.22. The van der Waals surface area contributed by atoms with Gasteiger partial charge in [-0.05, 0) is 77.4 Å². The smallest absolute Gasteiger partial charge is 0.306 e. The molecule has 8 heteroatoms. The van der Waals surface area contributed by atoms with E-state index in [4.69, 9.17) is 9.47 Å². The number of hydroxylamine groups is 2. The van der Waals surface area contributed by atoms with Crippen LogP contribution in [0.25, 0.3) is 0 Å². The quantitative estimate of drug-likeness (QED) is 0.0319.